The Bertz CT molecular complexity index is 1010. The third-order valence-electron chi connectivity index (χ3n) is 4.06. The van der Waals surface area contributed by atoms with Crippen molar-refractivity contribution < 1.29 is 23.8 Å². The second-order valence-electron chi connectivity index (χ2n) is 6.29. The Morgan fingerprint density at radius 1 is 1.19 bits per heavy atom. The third kappa shape index (κ3) is 6.49. The van der Waals surface area contributed by atoms with Gasteiger partial charge in [-0.25, -0.2) is 4.79 Å². The molecule has 0 aliphatic carbocycles. The first-order chi connectivity index (χ1) is 14.9. The Labute approximate surface area is 186 Å². The van der Waals surface area contributed by atoms with Gasteiger partial charge in [-0.3, -0.25) is 4.79 Å². The van der Waals surface area contributed by atoms with Crippen molar-refractivity contribution in [3.05, 3.63) is 58.1 Å². The normalized spacial score (nSPS) is 10.7. The van der Waals surface area contributed by atoms with Crippen molar-refractivity contribution in [1.29, 1.82) is 5.26 Å². The molecule has 0 aliphatic heterocycles. The lowest BCUT2D eigenvalue weighted by Crippen LogP contribution is -2.15. The van der Waals surface area contributed by atoms with E-state index >= 15 is 0 Å². The van der Waals surface area contributed by atoms with E-state index in [-0.39, 0.29) is 34.2 Å². The maximum atomic E-state index is 12.6. The number of nitriles is 1. The monoisotopic (exact) mass is 442 g/mol. The molecule has 0 aromatic heterocycles. The fourth-order valence-electron chi connectivity index (χ4n) is 2.57. The Hall–Kier alpha value is -3.50. The lowest BCUT2D eigenvalue weighted by Gasteiger charge is -2.13. The first-order valence-electron chi connectivity index (χ1n) is 9.64. The molecule has 1 amide bonds. The van der Waals surface area contributed by atoms with Crippen LogP contribution in [0.4, 0.5) is 5.69 Å². The Kier molecular flexibility index (Phi) is 8.92. The largest absolute Gasteiger partial charge is 0.496 e. The van der Waals surface area contributed by atoms with Crippen molar-refractivity contribution >= 4 is 35.2 Å². The first-order valence-corrected chi connectivity index (χ1v) is 10.0. The molecule has 0 unspecified atom stereocenters. The number of amides is 1. The number of benzene rings is 2. The summed E-state index contributed by atoms with van der Waals surface area (Å²) in [5.41, 5.74) is 0.874. The number of hydrogen-bond acceptors (Lipinski definition) is 6. The average molecular weight is 443 g/mol. The quantitative estimate of drug-likeness (QED) is 0.338. The van der Waals surface area contributed by atoms with E-state index in [4.69, 9.17) is 25.8 Å². The zero-order valence-electron chi connectivity index (χ0n) is 17.5. The van der Waals surface area contributed by atoms with E-state index in [1.54, 1.807) is 31.2 Å². The zero-order chi connectivity index (χ0) is 22.8. The molecular weight excluding hydrogens is 420 g/mol. The smallest absolute Gasteiger partial charge is 0.341 e. The van der Waals surface area contributed by atoms with Gasteiger partial charge in [-0.2, -0.15) is 5.26 Å². The molecule has 1 N–H and O–H groups in total. The maximum absolute atomic E-state index is 12.6. The topological polar surface area (TPSA) is 97.6 Å². The van der Waals surface area contributed by atoms with Gasteiger partial charge in [0.05, 0.1) is 31.0 Å². The summed E-state index contributed by atoms with van der Waals surface area (Å²) in [5.74, 6) is -0.351. The summed E-state index contributed by atoms with van der Waals surface area (Å²) < 4.78 is 15.7. The van der Waals surface area contributed by atoms with E-state index < -0.39 is 11.9 Å². The molecule has 2 aromatic rings. The van der Waals surface area contributed by atoms with Gasteiger partial charge in [0.25, 0.3) is 5.91 Å². The molecule has 31 heavy (non-hydrogen) atoms. The number of rotatable bonds is 9. The van der Waals surface area contributed by atoms with Gasteiger partial charge < -0.3 is 19.5 Å². The molecular formula is C23H23ClN2O5. The van der Waals surface area contributed by atoms with Crippen LogP contribution in [-0.2, 0) is 9.53 Å². The molecule has 0 aliphatic rings. The van der Waals surface area contributed by atoms with E-state index in [1.165, 1.54) is 25.3 Å². The molecule has 8 heteroatoms. The fraction of sp³-hybridized carbons (Fsp3) is 0.261. The number of carbonyl (C=O) groups excluding carboxylic acids is 2. The van der Waals surface area contributed by atoms with Crippen LogP contribution in [0.25, 0.3) is 6.08 Å². The van der Waals surface area contributed by atoms with Crippen molar-refractivity contribution in [3.8, 4) is 17.6 Å². The van der Waals surface area contributed by atoms with Gasteiger partial charge in [-0.05, 0) is 43.2 Å². The number of ether oxygens (including phenoxy) is 3. The predicted octanol–water partition coefficient (Wildman–Crippen LogP) is 4.86. The Morgan fingerprint density at radius 2 is 1.90 bits per heavy atom. The van der Waals surface area contributed by atoms with Crippen molar-refractivity contribution in [3.63, 3.8) is 0 Å². The van der Waals surface area contributed by atoms with Gasteiger partial charge >= 0.3 is 5.97 Å². The highest BCUT2D eigenvalue weighted by molar-refractivity contribution is 6.34. The predicted molar refractivity (Wildman–Crippen MR) is 118 cm³/mol. The molecule has 2 rings (SSSR count). The lowest BCUT2D eigenvalue weighted by atomic mass is 10.1. The van der Waals surface area contributed by atoms with E-state index in [2.05, 4.69) is 5.32 Å². The van der Waals surface area contributed by atoms with Crippen molar-refractivity contribution in [2.75, 3.05) is 25.6 Å². The fourth-order valence-corrected chi connectivity index (χ4v) is 2.78. The molecule has 0 saturated heterocycles. The van der Waals surface area contributed by atoms with Gasteiger partial charge in [0.15, 0.2) is 0 Å². The minimum absolute atomic E-state index is 0.104. The van der Waals surface area contributed by atoms with Crippen LogP contribution in [0.2, 0.25) is 5.02 Å². The number of carbonyl (C=O) groups is 2. The average Bonchev–Trinajstić information content (AvgIpc) is 2.77. The minimum atomic E-state index is -0.651. The maximum Gasteiger partial charge on any atom is 0.341 e. The number of halogens is 1. The Balaban J connectivity index is 2.23. The lowest BCUT2D eigenvalue weighted by molar-refractivity contribution is -0.112. The number of anilines is 1. The second kappa shape index (κ2) is 11.6. The summed E-state index contributed by atoms with van der Waals surface area (Å²) in [7, 11) is 1.38. The Morgan fingerprint density at radius 3 is 2.48 bits per heavy atom. The molecule has 0 heterocycles. The first kappa shape index (κ1) is 23.8. The summed E-state index contributed by atoms with van der Waals surface area (Å²) in [4.78, 5) is 24.7. The second-order valence-corrected chi connectivity index (χ2v) is 6.70. The van der Waals surface area contributed by atoms with E-state index in [1.807, 2.05) is 13.0 Å². The minimum Gasteiger partial charge on any atom is -0.496 e. The standard InChI is InChI=1S/C23H23ClN2O5/c1-4-10-31-17-8-6-15(7-9-17)11-16(14-25)22(27)26-20-13-21(29-3)18(12-19(20)24)23(28)30-5-2/h6-9,11-13H,4-5,10H2,1-3H3,(H,26,27)/b16-11+. The summed E-state index contributed by atoms with van der Waals surface area (Å²) >= 11 is 6.22. The highest BCUT2D eigenvalue weighted by Gasteiger charge is 2.19. The highest BCUT2D eigenvalue weighted by Crippen LogP contribution is 2.32. The van der Waals surface area contributed by atoms with Crippen LogP contribution in [0, 0.1) is 11.3 Å². The van der Waals surface area contributed by atoms with E-state index in [9.17, 15) is 14.9 Å². The summed E-state index contributed by atoms with van der Waals surface area (Å²) in [6.07, 6.45) is 2.35. The molecule has 0 fully saturated rings. The molecule has 0 saturated carbocycles. The van der Waals surface area contributed by atoms with Crippen molar-refractivity contribution in [1.82, 2.24) is 0 Å². The van der Waals surface area contributed by atoms with Gasteiger partial charge in [0, 0.05) is 6.07 Å². The van der Waals surface area contributed by atoms with Crippen LogP contribution in [0.15, 0.2) is 42.0 Å². The van der Waals surface area contributed by atoms with Crippen molar-refractivity contribution in [2.45, 2.75) is 20.3 Å². The van der Waals surface area contributed by atoms with Crippen LogP contribution in [0.3, 0.4) is 0 Å². The number of hydrogen-bond donors (Lipinski definition) is 1. The van der Waals surface area contributed by atoms with E-state index in [0.29, 0.717) is 17.9 Å². The highest BCUT2D eigenvalue weighted by atomic mass is 35.5. The number of nitrogens with one attached hydrogen (secondary N) is 1. The molecule has 162 valence electrons. The van der Waals surface area contributed by atoms with Gasteiger partial charge in [0.2, 0.25) is 0 Å². The summed E-state index contributed by atoms with van der Waals surface area (Å²) in [6, 6.07) is 11.7. The molecule has 2 aromatic carbocycles. The number of nitrogens with zero attached hydrogens (tertiary/aromatic N) is 1. The number of esters is 1. The summed E-state index contributed by atoms with van der Waals surface area (Å²) in [5, 5.41) is 12.1. The molecule has 0 bridgehead atoms. The van der Waals surface area contributed by atoms with Gasteiger partial charge in [0.1, 0.15) is 28.7 Å². The molecule has 7 nitrogen and oxygen atoms in total. The third-order valence-corrected chi connectivity index (χ3v) is 4.37. The van der Waals surface area contributed by atoms with Gasteiger partial charge in [-0.15, -0.1) is 0 Å². The molecule has 0 atom stereocenters. The van der Waals surface area contributed by atoms with Crippen LogP contribution in [0.1, 0.15) is 36.2 Å². The van der Waals surface area contributed by atoms with E-state index in [0.717, 1.165) is 6.42 Å². The van der Waals surface area contributed by atoms with Crippen LogP contribution in [-0.4, -0.2) is 32.2 Å². The zero-order valence-corrected chi connectivity index (χ0v) is 18.3. The van der Waals surface area contributed by atoms with Crippen LogP contribution >= 0.6 is 11.6 Å². The summed E-state index contributed by atoms with van der Waals surface area (Å²) in [6.45, 7) is 4.50. The molecule has 0 spiro atoms. The van der Waals surface area contributed by atoms with Crippen LogP contribution in [0.5, 0.6) is 11.5 Å². The van der Waals surface area contributed by atoms with Crippen molar-refractivity contribution in [2.24, 2.45) is 0 Å². The molecule has 0 radical (unpaired) electrons. The van der Waals surface area contributed by atoms with Gasteiger partial charge in [-0.1, -0.05) is 30.7 Å². The SMILES string of the molecule is CCCOc1ccc(/C=C(\C#N)C(=O)Nc2cc(OC)c(C(=O)OCC)cc2Cl)cc1. The van der Waals surface area contributed by atoms with Crippen LogP contribution < -0.4 is 14.8 Å². The number of methoxy groups -OCH3 is 1.